The highest BCUT2D eigenvalue weighted by Gasteiger charge is 2.10. The molecule has 1 aromatic heterocycles. The molecule has 0 fully saturated rings. The van der Waals surface area contributed by atoms with Crippen LogP contribution in [0.15, 0.2) is 18.3 Å². The first kappa shape index (κ1) is 9.98. The van der Waals surface area contributed by atoms with Crippen LogP contribution >= 0.6 is 0 Å². The molecule has 0 atom stereocenters. The van der Waals surface area contributed by atoms with Gasteiger partial charge in [-0.1, -0.05) is 6.07 Å². The molecule has 70 valence electrons. The standard InChI is InChI=1S/C7H11BN2O3/c11-4-3-9-7-2-1-6(5-10-7)8(12)13/h1-2,5,11-13H,3-4H2,(H,9,10). The molecular formula is C7H11BN2O3. The molecule has 0 unspecified atom stereocenters. The van der Waals surface area contributed by atoms with E-state index in [2.05, 4.69) is 10.3 Å². The second-order valence-electron chi connectivity index (χ2n) is 2.50. The Balaban J connectivity index is 2.59. The lowest BCUT2D eigenvalue weighted by Crippen LogP contribution is -2.30. The minimum Gasteiger partial charge on any atom is -0.423 e. The summed E-state index contributed by atoms with van der Waals surface area (Å²) in [6, 6.07) is 3.17. The van der Waals surface area contributed by atoms with Gasteiger partial charge in [0.15, 0.2) is 0 Å². The average molecular weight is 182 g/mol. The normalized spacial score (nSPS) is 9.77. The molecule has 0 radical (unpaired) electrons. The van der Waals surface area contributed by atoms with Crippen molar-refractivity contribution in [1.29, 1.82) is 0 Å². The van der Waals surface area contributed by atoms with Crippen LogP contribution in [0.2, 0.25) is 0 Å². The Kier molecular flexibility index (Phi) is 3.69. The van der Waals surface area contributed by atoms with Gasteiger partial charge in [0.25, 0.3) is 0 Å². The number of aliphatic hydroxyl groups excluding tert-OH is 1. The molecule has 1 rings (SSSR count). The lowest BCUT2D eigenvalue weighted by molar-refractivity contribution is 0.311. The van der Waals surface area contributed by atoms with E-state index in [4.69, 9.17) is 15.2 Å². The molecule has 0 aliphatic carbocycles. The van der Waals surface area contributed by atoms with Gasteiger partial charge in [-0.05, 0) is 6.07 Å². The van der Waals surface area contributed by atoms with Crippen LogP contribution in [-0.2, 0) is 0 Å². The molecule has 6 heteroatoms. The fourth-order valence-corrected chi connectivity index (χ4v) is 0.847. The van der Waals surface area contributed by atoms with Crippen LogP contribution in [0.4, 0.5) is 5.82 Å². The topological polar surface area (TPSA) is 85.6 Å². The largest absolute Gasteiger partial charge is 0.490 e. The number of aromatic nitrogens is 1. The molecule has 0 aliphatic rings. The van der Waals surface area contributed by atoms with Gasteiger partial charge in [0.05, 0.1) is 6.61 Å². The van der Waals surface area contributed by atoms with Gasteiger partial charge in [-0.2, -0.15) is 0 Å². The molecule has 1 heterocycles. The Morgan fingerprint density at radius 2 is 2.15 bits per heavy atom. The summed E-state index contributed by atoms with van der Waals surface area (Å²) < 4.78 is 0. The fourth-order valence-electron chi connectivity index (χ4n) is 0.847. The van der Waals surface area contributed by atoms with Crippen molar-refractivity contribution in [3.63, 3.8) is 0 Å². The number of hydrogen-bond acceptors (Lipinski definition) is 5. The summed E-state index contributed by atoms with van der Waals surface area (Å²) in [4.78, 5) is 3.90. The zero-order valence-corrected chi connectivity index (χ0v) is 7.01. The van der Waals surface area contributed by atoms with E-state index in [0.717, 1.165) is 0 Å². The monoisotopic (exact) mass is 182 g/mol. The zero-order chi connectivity index (χ0) is 9.68. The predicted molar refractivity (Wildman–Crippen MR) is 49.6 cm³/mol. The van der Waals surface area contributed by atoms with Crippen molar-refractivity contribution in [2.24, 2.45) is 0 Å². The first-order valence-electron chi connectivity index (χ1n) is 3.91. The first-order valence-corrected chi connectivity index (χ1v) is 3.91. The van der Waals surface area contributed by atoms with Gasteiger partial charge in [-0.25, -0.2) is 4.98 Å². The van der Waals surface area contributed by atoms with E-state index in [1.807, 2.05) is 0 Å². The van der Waals surface area contributed by atoms with E-state index in [1.165, 1.54) is 6.20 Å². The summed E-state index contributed by atoms with van der Waals surface area (Å²) in [5.41, 5.74) is 0.342. The van der Waals surface area contributed by atoms with Crippen molar-refractivity contribution in [1.82, 2.24) is 4.98 Å². The molecule has 0 aliphatic heterocycles. The third-order valence-corrected chi connectivity index (χ3v) is 1.50. The van der Waals surface area contributed by atoms with Gasteiger partial charge < -0.3 is 20.5 Å². The Hall–Kier alpha value is -1.11. The van der Waals surface area contributed by atoms with E-state index in [0.29, 0.717) is 17.8 Å². The van der Waals surface area contributed by atoms with Gasteiger partial charge in [0.1, 0.15) is 5.82 Å². The number of nitrogens with one attached hydrogen (secondary N) is 1. The van der Waals surface area contributed by atoms with Gasteiger partial charge in [0, 0.05) is 18.2 Å². The number of aliphatic hydroxyl groups is 1. The number of hydrogen-bond donors (Lipinski definition) is 4. The lowest BCUT2D eigenvalue weighted by atomic mass is 9.82. The second kappa shape index (κ2) is 4.81. The molecule has 0 bridgehead atoms. The molecule has 1 aromatic rings. The lowest BCUT2D eigenvalue weighted by Gasteiger charge is -2.03. The van der Waals surface area contributed by atoms with E-state index in [9.17, 15) is 0 Å². The van der Waals surface area contributed by atoms with Crippen molar-refractivity contribution >= 4 is 18.4 Å². The van der Waals surface area contributed by atoms with Crippen LogP contribution in [0.1, 0.15) is 0 Å². The Bertz CT molecular complexity index is 252. The van der Waals surface area contributed by atoms with Gasteiger partial charge in [-0.3, -0.25) is 0 Å². The molecule has 0 amide bonds. The second-order valence-corrected chi connectivity index (χ2v) is 2.50. The number of pyridine rings is 1. The fraction of sp³-hybridized carbons (Fsp3) is 0.286. The van der Waals surface area contributed by atoms with Crippen LogP contribution in [0, 0.1) is 0 Å². The van der Waals surface area contributed by atoms with E-state index in [-0.39, 0.29) is 6.61 Å². The average Bonchev–Trinajstić information content (AvgIpc) is 2.15. The van der Waals surface area contributed by atoms with Crippen LogP contribution in [0.5, 0.6) is 0 Å². The molecule has 0 saturated carbocycles. The molecule has 5 nitrogen and oxygen atoms in total. The van der Waals surface area contributed by atoms with Crippen LogP contribution in [0.25, 0.3) is 0 Å². The molecule has 0 aromatic carbocycles. The van der Waals surface area contributed by atoms with Crippen LogP contribution in [-0.4, -0.2) is 40.4 Å². The number of anilines is 1. The molecule has 0 spiro atoms. The minimum atomic E-state index is -1.49. The summed E-state index contributed by atoms with van der Waals surface area (Å²) in [5.74, 6) is 0.596. The van der Waals surface area contributed by atoms with Crippen molar-refractivity contribution < 1.29 is 15.2 Å². The third kappa shape index (κ3) is 3.02. The maximum Gasteiger partial charge on any atom is 0.490 e. The van der Waals surface area contributed by atoms with Crippen LogP contribution in [0.3, 0.4) is 0 Å². The highest BCUT2D eigenvalue weighted by molar-refractivity contribution is 6.58. The zero-order valence-electron chi connectivity index (χ0n) is 7.01. The molecule has 13 heavy (non-hydrogen) atoms. The van der Waals surface area contributed by atoms with E-state index in [1.54, 1.807) is 12.1 Å². The summed E-state index contributed by atoms with van der Waals surface area (Å²) >= 11 is 0. The third-order valence-electron chi connectivity index (χ3n) is 1.50. The van der Waals surface area contributed by atoms with Crippen molar-refractivity contribution in [2.45, 2.75) is 0 Å². The molecular weight excluding hydrogens is 171 g/mol. The predicted octanol–water partition coefficient (Wildman–Crippen LogP) is -1.83. The molecule has 4 N–H and O–H groups in total. The SMILES string of the molecule is OCCNc1ccc(B(O)O)cn1. The van der Waals surface area contributed by atoms with Gasteiger partial charge >= 0.3 is 7.12 Å². The first-order chi connectivity index (χ1) is 6.24. The number of rotatable bonds is 4. The highest BCUT2D eigenvalue weighted by atomic mass is 16.4. The van der Waals surface area contributed by atoms with Crippen molar-refractivity contribution in [3.8, 4) is 0 Å². The Labute approximate surface area is 76.2 Å². The van der Waals surface area contributed by atoms with Gasteiger partial charge in [0.2, 0.25) is 0 Å². The van der Waals surface area contributed by atoms with E-state index >= 15 is 0 Å². The quantitative estimate of drug-likeness (QED) is 0.411. The Morgan fingerprint density at radius 1 is 1.38 bits per heavy atom. The minimum absolute atomic E-state index is 0.0338. The molecule has 0 saturated heterocycles. The summed E-state index contributed by atoms with van der Waals surface area (Å²) in [5, 5.41) is 28.8. The summed E-state index contributed by atoms with van der Waals surface area (Å²) in [6.07, 6.45) is 1.37. The smallest absolute Gasteiger partial charge is 0.423 e. The van der Waals surface area contributed by atoms with Crippen molar-refractivity contribution in [2.75, 3.05) is 18.5 Å². The maximum absolute atomic E-state index is 8.75. The van der Waals surface area contributed by atoms with Crippen molar-refractivity contribution in [3.05, 3.63) is 18.3 Å². The maximum atomic E-state index is 8.75. The van der Waals surface area contributed by atoms with Crippen LogP contribution < -0.4 is 10.8 Å². The number of nitrogens with zero attached hydrogens (tertiary/aromatic N) is 1. The van der Waals surface area contributed by atoms with E-state index < -0.39 is 7.12 Å². The summed E-state index contributed by atoms with van der Waals surface area (Å²) in [6.45, 7) is 0.458. The summed E-state index contributed by atoms with van der Waals surface area (Å²) in [7, 11) is -1.49. The van der Waals surface area contributed by atoms with Gasteiger partial charge in [-0.15, -0.1) is 0 Å². The Morgan fingerprint density at radius 3 is 2.62 bits per heavy atom. The highest BCUT2D eigenvalue weighted by Crippen LogP contribution is 1.97.